The fourth-order valence-corrected chi connectivity index (χ4v) is 16.2. The molecule has 0 amide bonds. The highest BCUT2D eigenvalue weighted by molar-refractivity contribution is 5.81. The Hall–Kier alpha value is -11.6. The van der Waals surface area contributed by atoms with E-state index in [1.807, 2.05) is 0 Å². The van der Waals surface area contributed by atoms with Crippen LogP contribution in [-0.4, -0.2) is 31.9 Å². The maximum absolute atomic E-state index is 2.43. The molecule has 0 radical (unpaired) electrons. The van der Waals surface area contributed by atoms with Gasteiger partial charge in [-0.25, -0.2) is 9.13 Å². The van der Waals surface area contributed by atoms with Gasteiger partial charge in [-0.3, -0.25) is 0 Å². The molecule has 1 aliphatic heterocycles. The number of benzene rings is 11. The Morgan fingerprint density at radius 3 is 1.03 bits per heavy atom. The van der Waals surface area contributed by atoms with Crippen LogP contribution in [0.3, 0.4) is 0 Å². The molecule has 0 bridgehead atoms. The van der Waals surface area contributed by atoms with E-state index in [2.05, 4.69) is 469 Å². The molecular formula is C103H115N8+3. The summed E-state index contributed by atoms with van der Waals surface area (Å²) in [6.45, 7) is 38.3. The Bertz CT molecular complexity index is 5580. The molecule has 11 aromatic carbocycles. The first-order valence-electron chi connectivity index (χ1n) is 39.7. The standard InChI is InChI=1S/C36H39N2.C30H35N2.C19H22N2.C18H19N2/c1-24(2)33-22-29(28-15-9-8-10-16-28)23-34(25(3)4)35(33)38-21-20-37(7)36(38)32-19-13-18-31(27(32)6)30-17-12-11-14-26(30)5;1-20(2)24-14-10-15-25(21(3)4)29(24)32-19-18-31(7)30(32)28-17-11-16-27(23(28)6)26-13-9-8-12-22(26)5;1-14-8-5-6-9-17(14)18-10-7-11-19(15(18)2)21-13-12-20(4)16(21)3;1-14-8-4-5-9-16(14)17-10-6-11-18(15(17)2)20-13-7-12-19(20)3/h8-25H,1-7H3;8-21H,1-7H3;5-13,16H,1-4H3;4-13H,1-3H3/q2*+1;;+1/t;;16-;/m..0./s1. The Labute approximate surface area is 663 Å². The quantitative estimate of drug-likeness (QED) is 0.0959. The summed E-state index contributed by atoms with van der Waals surface area (Å²) in [5.41, 5.74) is 36.7. The number of rotatable bonds is 15. The predicted molar refractivity (Wildman–Crippen MR) is 468 cm³/mol. The zero-order valence-electron chi connectivity index (χ0n) is 69.6. The van der Waals surface area contributed by atoms with Crippen LogP contribution in [-0.2, 0) is 21.1 Å². The number of hydrogen-bond donors (Lipinski definition) is 0. The lowest BCUT2D eigenvalue weighted by Gasteiger charge is -2.29. The zero-order chi connectivity index (χ0) is 79.1. The van der Waals surface area contributed by atoms with Gasteiger partial charge in [-0.1, -0.05) is 250 Å². The van der Waals surface area contributed by atoms with Crippen molar-refractivity contribution in [2.45, 2.75) is 148 Å². The Balaban J connectivity index is 0.000000142. The molecule has 0 spiro atoms. The third-order valence-electron chi connectivity index (χ3n) is 22.7. The van der Waals surface area contributed by atoms with Gasteiger partial charge >= 0.3 is 0 Å². The number of aromatic nitrogens is 6. The highest BCUT2D eigenvalue weighted by Gasteiger charge is 2.31. The highest BCUT2D eigenvalue weighted by Crippen LogP contribution is 2.42. The van der Waals surface area contributed by atoms with Crippen LogP contribution >= 0.6 is 0 Å². The molecule has 1 atom stereocenters. The van der Waals surface area contributed by atoms with Gasteiger partial charge in [-0.15, -0.1) is 9.36 Å². The molecule has 0 saturated heterocycles. The Morgan fingerprint density at radius 1 is 0.306 bits per heavy atom. The SMILES string of the molecule is Cc1ccccc1-c1cccc(-c2n(-c3c(C(C)C)cc(-c4ccccc4)cc3C(C)C)cc[n+]2C)c1C.Cc1ccccc1-c1cccc(-c2n(-c3c(C(C)C)cccc3C(C)C)cc[n+]2C)c1C.Cc1ccccc1-c1cccc(-n2ccc[n+]2C)c1C.Cc1ccccc1-c1cccc(N2C=CN(C)[C@@H]2C)c1C. The minimum Gasteiger partial charge on any atom is -0.359 e. The van der Waals surface area contributed by atoms with Crippen molar-refractivity contribution in [3.63, 3.8) is 0 Å². The number of aryl methyl sites for hydroxylation is 7. The summed E-state index contributed by atoms with van der Waals surface area (Å²) in [5.74, 6) is 4.08. The lowest BCUT2D eigenvalue weighted by molar-refractivity contribution is -0.744. The third kappa shape index (κ3) is 16.5. The first-order chi connectivity index (χ1) is 53.4. The van der Waals surface area contributed by atoms with Gasteiger partial charge in [0.05, 0.1) is 31.4 Å². The lowest BCUT2D eigenvalue weighted by Crippen LogP contribution is -2.37. The van der Waals surface area contributed by atoms with Crippen LogP contribution in [0.25, 0.3) is 95.5 Å². The molecule has 8 heteroatoms. The molecule has 0 N–H and O–H groups in total. The van der Waals surface area contributed by atoms with Gasteiger partial charge < -0.3 is 9.80 Å². The molecule has 0 saturated carbocycles. The lowest BCUT2D eigenvalue weighted by atomic mass is 9.88. The molecule has 4 heterocycles. The van der Waals surface area contributed by atoms with E-state index < -0.39 is 0 Å². The first kappa shape index (κ1) is 79.0. The second-order valence-electron chi connectivity index (χ2n) is 31.5. The van der Waals surface area contributed by atoms with Crippen LogP contribution in [0.2, 0.25) is 0 Å². The maximum atomic E-state index is 2.43. The fraction of sp³-hybridized carbons (Fsp3) is 0.252. The minimum atomic E-state index is 0.357. The average Bonchev–Trinajstić information content (AvgIpc) is 1.69. The van der Waals surface area contributed by atoms with Gasteiger partial charge in [0.25, 0.3) is 11.6 Å². The molecule has 1 aliphatic rings. The van der Waals surface area contributed by atoms with Crippen molar-refractivity contribution < 1.29 is 13.8 Å². The Kier molecular flexibility index (Phi) is 24.6. The summed E-state index contributed by atoms with van der Waals surface area (Å²) in [6.07, 6.45) is 17.6. The smallest absolute Gasteiger partial charge is 0.294 e. The number of hydrogen-bond acceptors (Lipinski definition) is 2. The van der Waals surface area contributed by atoms with E-state index in [1.165, 1.54) is 168 Å². The molecule has 0 unspecified atom stereocenters. The maximum Gasteiger partial charge on any atom is 0.294 e. The van der Waals surface area contributed by atoms with E-state index in [9.17, 15) is 0 Å². The van der Waals surface area contributed by atoms with E-state index in [1.54, 1.807) is 0 Å². The summed E-state index contributed by atoms with van der Waals surface area (Å²) in [5, 5.41) is 0. The molecule has 0 aliphatic carbocycles. The molecule has 564 valence electrons. The van der Waals surface area contributed by atoms with Crippen LogP contribution < -0.4 is 18.7 Å². The van der Waals surface area contributed by atoms with Crippen LogP contribution in [0.1, 0.15) is 153 Å². The monoisotopic (exact) mass is 1460 g/mol. The van der Waals surface area contributed by atoms with E-state index in [4.69, 9.17) is 0 Å². The van der Waals surface area contributed by atoms with Gasteiger partial charge in [0.1, 0.15) is 48.0 Å². The number of anilines is 1. The fourth-order valence-electron chi connectivity index (χ4n) is 16.2. The zero-order valence-corrected chi connectivity index (χ0v) is 69.6. The Morgan fingerprint density at radius 2 is 0.649 bits per heavy atom. The highest BCUT2D eigenvalue weighted by atomic mass is 15.4. The largest absolute Gasteiger partial charge is 0.359 e. The second-order valence-corrected chi connectivity index (χ2v) is 31.5. The first-order valence-corrected chi connectivity index (χ1v) is 39.7. The van der Waals surface area contributed by atoms with Crippen LogP contribution in [0.4, 0.5) is 5.69 Å². The van der Waals surface area contributed by atoms with Crippen molar-refractivity contribution in [3.05, 3.63) is 353 Å². The van der Waals surface area contributed by atoms with Gasteiger partial charge in [0.15, 0.2) is 13.2 Å². The minimum absolute atomic E-state index is 0.357. The van der Waals surface area contributed by atoms with Crippen molar-refractivity contribution in [2.75, 3.05) is 11.9 Å². The van der Waals surface area contributed by atoms with Crippen molar-refractivity contribution in [3.8, 4) is 95.5 Å². The van der Waals surface area contributed by atoms with Gasteiger partial charge in [-0.2, -0.15) is 9.13 Å². The average molecular weight is 1470 g/mol. The van der Waals surface area contributed by atoms with E-state index in [0.29, 0.717) is 29.8 Å². The predicted octanol–water partition coefficient (Wildman–Crippen LogP) is 24.8. The van der Waals surface area contributed by atoms with Crippen molar-refractivity contribution in [2.24, 2.45) is 21.1 Å². The van der Waals surface area contributed by atoms with Gasteiger partial charge in [0, 0.05) is 53.5 Å². The second kappa shape index (κ2) is 34.5. The summed E-state index contributed by atoms with van der Waals surface area (Å²) < 4.78 is 13.6. The molecule has 8 nitrogen and oxygen atoms in total. The molecule has 0 fully saturated rings. The number of imidazole rings is 2. The summed E-state index contributed by atoms with van der Waals surface area (Å²) in [4.78, 5) is 4.55. The van der Waals surface area contributed by atoms with Crippen LogP contribution in [0.15, 0.2) is 286 Å². The van der Waals surface area contributed by atoms with E-state index in [0.717, 1.165) is 0 Å². The third-order valence-corrected chi connectivity index (χ3v) is 22.7. The molecular weight excluding hydrogens is 1350 g/mol. The summed E-state index contributed by atoms with van der Waals surface area (Å²) >= 11 is 0. The van der Waals surface area contributed by atoms with Gasteiger partial charge in [-0.05, 0) is 223 Å². The summed E-state index contributed by atoms with van der Waals surface area (Å²) in [7, 11) is 8.48. The number of para-hydroxylation sites is 1. The summed E-state index contributed by atoms with van der Waals surface area (Å²) in [6, 6.07) is 85.4. The molecule has 3 aromatic heterocycles. The van der Waals surface area contributed by atoms with Crippen molar-refractivity contribution >= 4 is 5.69 Å². The van der Waals surface area contributed by atoms with E-state index >= 15 is 0 Å². The van der Waals surface area contributed by atoms with Gasteiger partial charge in [0.2, 0.25) is 0 Å². The van der Waals surface area contributed by atoms with Crippen molar-refractivity contribution in [1.82, 2.24) is 18.7 Å². The molecule has 111 heavy (non-hydrogen) atoms. The van der Waals surface area contributed by atoms with Crippen LogP contribution in [0.5, 0.6) is 0 Å². The normalized spacial score (nSPS) is 12.5. The molecule has 14 aromatic rings. The van der Waals surface area contributed by atoms with Crippen LogP contribution in [0, 0.1) is 55.4 Å². The topological polar surface area (TPSA) is 32.9 Å². The van der Waals surface area contributed by atoms with Crippen molar-refractivity contribution in [1.29, 1.82) is 0 Å². The van der Waals surface area contributed by atoms with E-state index in [-0.39, 0.29) is 0 Å². The number of nitrogens with zero attached hydrogens (tertiary/aromatic N) is 8. The molecule has 15 rings (SSSR count).